The minimum atomic E-state index is -2.83. The number of rotatable bonds is 0. The van der Waals surface area contributed by atoms with Crippen LogP contribution in [-0.4, -0.2) is 6.29 Å². The Labute approximate surface area is 65.8 Å². The zero-order valence-electron chi connectivity index (χ0n) is 6.99. The molecule has 0 amide bonds. The fourth-order valence-corrected chi connectivity index (χ4v) is 1.33. The van der Waals surface area contributed by atoms with E-state index in [-0.39, 0.29) is 0 Å². The van der Waals surface area contributed by atoms with Crippen LogP contribution in [0.4, 0.5) is 13.6 Å². The topological polar surface area (TPSA) is 17.1 Å². The van der Waals surface area contributed by atoms with Crippen molar-refractivity contribution in [3.63, 3.8) is 0 Å². The molecule has 1 aliphatic rings. The molecule has 1 rings (SSSR count). The minimum Gasteiger partial charge on any atom is -0.219 e. The van der Waals surface area contributed by atoms with Crippen molar-refractivity contribution < 1.29 is 13.6 Å². The highest BCUT2D eigenvalue weighted by atomic mass is 19.3. The van der Waals surface area contributed by atoms with Crippen molar-refractivity contribution >= 4 is 6.29 Å². The maximum atomic E-state index is 9.69. The molecule has 0 atom stereocenters. The van der Waals surface area contributed by atoms with Crippen LogP contribution in [0.1, 0.15) is 39.5 Å². The van der Waals surface area contributed by atoms with Gasteiger partial charge in [0.25, 0.3) is 0 Å². The average molecular weight is 164 g/mol. The van der Waals surface area contributed by atoms with Crippen molar-refractivity contribution in [2.24, 2.45) is 5.41 Å². The van der Waals surface area contributed by atoms with Gasteiger partial charge in [-0.15, -0.1) is 8.78 Å². The van der Waals surface area contributed by atoms with Crippen LogP contribution in [0.25, 0.3) is 0 Å². The zero-order chi connectivity index (χ0) is 8.91. The quantitative estimate of drug-likeness (QED) is 0.499. The van der Waals surface area contributed by atoms with Crippen LogP contribution in [0, 0.1) is 5.41 Å². The summed E-state index contributed by atoms with van der Waals surface area (Å²) in [7, 11) is 0. The molecule has 1 saturated carbocycles. The van der Waals surface area contributed by atoms with Gasteiger partial charge in [0, 0.05) is 0 Å². The molecule has 0 spiro atoms. The summed E-state index contributed by atoms with van der Waals surface area (Å²) in [5.74, 6) is 0. The Morgan fingerprint density at radius 2 is 1.45 bits per heavy atom. The molecule has 66 valence electrons. The van der Waals surface area contributed by atoms with E-state index in [9.17, 15) is 8.78 Å². The van der Waals surface area contributed by atoms with E-state index in [0.29, 0.717) is 5.41 Å². The molecule has 11 heavy (non-hydrogen) atoms. The van der Waals surface area contributed by atoms with Crippen LogP contribution in [0.15, 0.2) is 0 Å². The van der Waals surface area contributed by atoms with Gasteiger partial charge >= 0.3 is 6.29 Å². The first-order valence-electron chi connectivity index (χ1n) is 3.79. The third kappa shape index (κ3) is 7.43. The lowest BCUT2D eigenvalue weighted by Crippen LogP contribution is -2.01. The molecular weight excluding hydrogens is 150 g/mol. The van der Waals surface area contributed by atoms with Gasteiger partial charge in [0.2, 0.25) is 0 Å². The van der Waals surface area contributed by atoms with E-state index in [2.05, 4.69) is 13.8 Å². The van der Waals surface area contributed by atoms with Crippen molar-refractivity contribution in [1.82, 2.24) is 0 Å². The summed E-state index contributed by atoms with van der Waals surface area (Å²) in [6, 6.07) is 0. The Morgan fingerprint density at radius 1 is 1.18 bits per heavy atom. The summed E-state index contributed by atoms with van der Waals surface area (Å²) >= 11 is 0. The van der Waals surface area contributed by atoms with Crippen LogP contribution in [-0.2, 0) is 0 Å². The van der Waals surface area contributed by atoms with E-state index in [1.165, 1.54) is 25.7 Å². The van der Waals surface area contributed by atoms with Gasteiger partial charge in [0.05, 0.1) is 0 Å². The molecule has 0 saturated heterocycles. The fraction of sp³-hybridized carbons (Fsp3) is 0.875. The van der Waals surface area contributed by atoms with Crippen LogP contribution >= 0.6 is 0 Å². The molecule has 0 heterocycles. The van der Waals surface area contributed by atoms with E-state index in [1.54, 1.807) is 0 Å². The predicted molar refractivity (Wildman–Crippen MR) is 39.9 cm³/mol. The molecular formula is C8H14F2O. The van der Waals surface area contributed by atoms with Crippen LogP contribution in [0.5, 0.6) is 0 Å². The molecule has 0 aromatic heterocycles. The molecule has 0 aromatic carbocycles. The normalized spacial score (nSPS) is 20.4. The van der Waals surface area contributed by atoms with Crippen LogP contribution in [0.2, 0.25) is 0 Å². The molecule has 1 aliphatic carbocycles. The van der Waals surface area contributed by atoms with E-state index < -0.39 is 6.29 Å². The molecule has 0 bridgehead atoms. The van der Waals surface area contributed by atoms with E-state index >= 15 is 0 Å². The van der Waals surface area contributed by atoms with Gasteiger partial charge in [0.15, 0.2) is 0 Å². The Kier molecular flexibility index (Phi) is 4.23. The maximum absolute atomic E-state index is 9.69. The van der Waals surface area contributed by atoms with Crippen molar-refractivity contribution in [3.8, 4) is 0 Å². The van der Waals surface area contributed by atoms with Crippen molar-refractivity contribution in [2.75, 3.05) is 0 Å². The molecule has 0 aliphatic heterocycles. The SMILES string of the molecule is CC1(C)CCCC1.O=C(F)F. The van der Waals surface area contributed by atoms with Crippen LogP contribution in [0.3, 0.4) is 0 Å². The smallest absolute Gasteiger partial charge is 0.219 e. The molecule has 0 radical (unpaired) electrons. The number of carbonyl (C=O) groups excluding carboxylic acids is 1. The summed E-state index contributed by atoms with van der Waals surface area (Å²) < 4.78 is 19.4. The number of hydrogen-bond donors (Lipinski definition) is 0. The standard InChI is InChI=1S/C7H14.CF2O/c1-7(2)5-3-4-6-7;2-1(3)4/h3-6H2,1-2H3;. The van der Waals surface area contributed by atoms with Gasteiger partial charge in [-0.25, -0.2) is 4.79 Å². The lowest BCUT2D eigenvalue weighted by Gasteiger charge is -2.13. The van der Waals surface area contributed by atoms with Gasteiger partial charge in [-0.3, -0.25) is 0 Å². The maximum Gasteiger partial charge on any atom is 0.483 e. The van der Waals surface area contributed by atoms with Crippen molar-refractivity contribution in [3.05, 3.63) is 0 Å². The van der Waals surface area contributed by atoms with Gasteiger partial charge in [-0.05, 0) is 18.3 Å². The Bertz CT molecular complexity index is 120. The second-order valence-electron chi connectivity index (χ2n) is 3.60. The van der Waals surface area contributed by atoms with Crippen molar-refractivity contribution in [1.29, 1.82) is 0 Å². The molecule has 0 N–H and O–H groups in total. The third-order valence-corrected chi connectivity index (χ3v) is 1.96. The second-order valence-corrected chi connectivity index (χ2v) is 3.60. The largest absolute Gasteiger partial charge is 0.483 e. The third-order valence-electron chi connectivity index (χ3n) is 1.96. The highest BCUT2D eigenvalue weighted by Crippen LogP contribution is 2.36. The summed E-state index contributed by atoms with van der Waals surface area (Å²) in [4.78, 5) is 8.11. The zero-order valence-corrected chi connectivity index (χ0v) is 6.99. The highest BCUT2D eigenvalue weighted by Gasteiger charge is 2.21. The first-order valence-corrected chi connectivity index (χ1v) is 3.79. The van der Waals surface area contributed by atoms with Gasteiger partial charge in [-0.2, -0.15) is 0 Å². The molecule has 0 unspecified atom stereocenters. The Morgan fingerprint density at radius 3 is 1.55 bits per heavy atom. The summed E-state index contributed by atoms with van der Waals surface area (Å²) in [5, 5.41) is 0. The monoisotopic (exact) mass is 164 g/mol. The second kappa shape index (κ2) is 4.42. The minimum absolute atomic E-state index is 0.694. The average Bonchev–Trinajstić information content (AvgIpc) is 2.11. The van der Waals surface area contributed by atoms with Gasteiger partial charge in [-0.1, -0.05) is 26.7 Å². The lowest BCUT2D eigenvalue weighted by atomic mass is 9.92. The Balaban J connectivity index is 0.000000218. The lowest BCUT2D eigenvalue weighted by molar-refractivity contribution is 0.199. The number of carbonyl (C=O) groups is 1. The highest BCUT2D eigenvalue weighted by molar-refractivity contribution is 5.55. The molecule has 3 heteroatoms. The summed E-state index contributed by atoms with van der Waals surface area (Å²) in [5.41, 5.74) is 0.694. The van der Waals surface area contributed by atoms with E-state index in [4.69, 9.17) is 4.79 Å². The predicted octanol–water partition coefficient (Wildman–Crippen LogP) is 3.63. The Hall–Kier alpha value is -0.470. The van der Waals surface area contributed by atoms with Gasteiger partial charge < -0.3 is 0 Å². The van der Waals surface area contributed by atoms with Crippen LogP contribution < -0.4 is 0 Å². The van der Waals surface area contributed by atoms with E-state index in [1.807, 2.05) is 0 Å². The number of hydrogen-bond acceptors (Lipinski definition) is 1. The van der Waals surface area contributed by atoms with Gasteiger partial charge in [0.1, 0.15) is 0 Å². The summed E-state index contributed by atoms with van der Waals surface area (Å²) in [6.07, 6.45) is 3.00. The molecule has 0 aromatic rings. The van der Waals surface area contributed by atoms with E-state index in [0.717, 1.165) is 0 Å². The van der Waals surface area contributed by atoms with Crippen molar-refractivity contribution in [2.45, 2.75) is 39.5 Å². The first-order chi connectivity index (χ1) is 4.94. The number of halogens is 2. The fourth-order valence-electron chi connectivity index (χ4n) is 1.33. The molecule has 1 nitrogen and oxygen atoms in total. The molecule has 1 fully saturated rings. The first kappa shape index (κ1) is 10.5. The summed E-state index contributed by atoms with van der Waals surface area (Å²) in [6.45, 7) is 4.72.